The van der Waals surface area contributed by atoms with Crippen LogP contribution in [0.25, 0.3) is 0 Å². The summed E-state index contributed by atoms with van der Waals surface area (Å²) in [6, 6.07) is 4.17. The van der Waals surface area contributed by atoms with Gasteiger partial charge in [-0.1, -0.05) is 19.1 Å². The second-order valence-electron chi connectivity index (χ2n) is 4.64. The van der Waals surface area contributed by atoms with Crippen LogP contribution in [0.1, 0.15) is 34.3 Å². The zero-order valence-electron chi connectivity index (χ0n) is 11.7. The molecule has 1 aromatic carbocycles. The maximum Gasteiger partial charge on any atom is 0.131 e. The molecule has 0 fully saturated rings. The lowest BCUT2D eigenvalue weighted by molar-refractivity contribution is 0.297. The number of thiazole rings is 1. The summed E-state index contributed by atoms with van der Waals surface area (Å²) in [6.07, 6.45) is 0.980. The Morgan fingerprint density at radius 3 is 2.47 bits per heavy atom. The fraction of sp³-hybridized carbons (Fsp3) is 0.400. The average molecular weight is 276 g/mol. The number of nitrogens with zero attached hydrogens (tertiary/aromatic N) is 1. The fourth-order valence-electron chi connectivity index (χ4n) is 2.11. The lowest BCUT2D eigenvalue weighted by atomic mass is 10.1. The molecule has 0 saturated carbocycles. The van der Waals surface area contributed by atoms with Crippen LogP contribution in [0.5, 0.6) is 5.75 Å². The van der Waals surface area contributed by atoms with E-state index in [1.807, 2.05) is 0 Å². The van der Waals surface area contributed by atoms with Gasteiger partial charge in [-0.2, -0.15) is 0 Å². The summed E-state index contributed by atoms with van der Waals surface area (Å²) < 4.78 is 5.91. The highest BCUT2D eigenvalue weighted by molar-refractivity contribution is 7.09. The second kappa shape index (κ2) is 6.17. The third-order valence-corrected chi connectivity index (χ3v) is 4.06. The highest BCUT2D eigenvalue weighted by atomic mass is 32.1. The predicted octanol–water partition coefficient (Wildman–Crippen LogP) is 3.36. The van der Waals surface area contributed by atoms with Gasteiger partial charge in [0.15, 0.2) is 0 Å². The summed E-state index contributed by atoms with van der Waals surface area (Å²) in [5, 5.41) is 3.23. The lowest BCUT2D eigenvalue weighted by Gasteiger charge is -2.12. The maximum atomic E-state index is 5.91. The van der Waals surface area contributed by atoms with Crippen molar-refractivity contribution in [2.45, 2.75) is 40.3 Å². The van der Waals surface area contributed by atoms with Crippen LogP contribution in [0.15, 0.2) is 17.5 Å². The highest BCUT2D eigenvalue weighted by Crippen LogP contribution is 2.25. The van der Waals surface area contributed by atoms with Crippen LogP contribution in [-0.2, 0) is 19.6 Å². The van der Waals surface area contributed by atoms with E-state index in [2.05, 4.69) is 43.3 Å². The summed E-state index contributed by atoms with van der Waals surface area (Å²) in [7, 11) is 0. The van der Waals surface area contributed by atoms with Crippen LogP contribution in [0.2, 0.25) is 0 Å². The molecule has 2 aromatic rings. The van der Waals surface area contributed by atoms with Gasteiger partial charge in [-0.25, -0.2) is 4.98 Å². The molecule has 1 aromatic heterocycles. The highest BCUT2D eigenvalue weighted by Gasteiger charge is 2.08. The SMILES string of the molecule is CCc1nc(COc2c(C)cc(CN)cc2C)cs1. The summed E-state index contributed by atoms with van der Waals surface area (Å²) in [5.74, 6) is 0.947. The van der Waals surface area contributed by atoms with Gasteiger partial charge in [0.2, 0.25) is 0 Å². The van der Waals surface area contributed by atoms with Gasteiger partial charge in [0.05, 0.1) is 10.7 Å². The Hall–Kier alpha value is -1.39. The molecular formula is C15H20N2OS. The van der Waals surface area contributed by atoms with E-state index in [1.165, 1.54) is 0 Å². The molecule has 0 spiro atoms. The number of aryl methyl sites for hydroxylation is 3. The fourth-order valence-corrected chi connectivity index (χ4v) is 2.84. The van der Waals surface area contributed by atoms with Gasteiger partial charge in [-0.05, 0) is 37.0 Å². The van der Waals surface area contributed by atoms with Crippen molar-refractivity contribution in [1.29, 1.82) is 0 Å². The minimum absolute atomic E-state index is 0.528. The largest absolute Gasteiger partial charge is 0.487 e. The monoisotopic (exact) mass is 276 g/mol. The van der Waals surface area contributed by atoms with Crippen molar-refractivity contribution in [3.05, 3.63) is 44.9 Å². The van der Waals surface area contributed by atoms with E-state index in [1.54, 1.807) is 11.3 Å². The molecular weight excluding hydrogens is 256 g/mol. The van der Waals surface area contributed by atoms with Crippen LogP contribution in [0.4, 0.5) is 0 Å². The first-order valence-corrected chi connectivity index (χ1v) is 7.38. The number of hydrogen-bond donors (Lipinski definition) is 1. The Labute approximate surface area is 118 Å². The first-order valence-electron chi connectivity index (χ1n) is 6.50. The Bertz CT molecular complexity index is 540. The molecule has 19 heavy (non-hydrogen) atoms. The standard InChI is InChI=1S/C15H20N2OS/c1-4-14-17-13(9-19-14)8-18-15-10(2)5-12(7-16)6-11(15)3/h5-6,9H,4,7-8,16H2,1-3H3. The number of ether oxygens (including phenoxy) is 1. The summed E-state index contributed by atoms with van der Waals surface area (Å²) >= 11 is 1.69. The molecule has 0 unspecified atom stereocenters. The first kappa shape index (κ1) is 14.0. The van der Waals surface area contributed by atoms with Crippen molar-refractivity contribution in [2.75, 3.05) is 0 Å². The van der Waals surface area contributed by atoms with Gasteiger partial charge in [0, 0.05) is 11.9 Å². The Morgan fingerprint density at radius 2 is 1.95 bits per heavy atom. The number of nitrogens with two attached hydrogens (primary N) is 1. The number of aromatic nitrogens is 1. The Morgan fingerprint density at radius 1 is 1.26 bits per heavy atom. The van der Waals surface area contributed by atoms with Crippen molar-refractivity contribution in [1.82, 2.24) is 4.98 Å². The van der Waals surface area contributed by atoms with E-state index in [9.17, 15) is 0 Å². The van der Waals surface area contributed by atoms with E-state index in [4.69, 9.17) is 10.5 Å². The van der Waals surface area contributed by atoms with Crippen LogP contribution < -0.4 is 10.5 Å². The molecule has 0 aliphatic carbocycles. The van der Waals surface area contributed by atoms with E-state index < -0.39 is 0 Å². The molecule has 102 valence electrons. The van der Waals surface area contributed by atoms with Crippen molar-refractivity contribution in [3.8, 4) is 5.75 Å². The van der Waals surface area contributed by atoms with Gasteiger partial charge >= 0.3 is 0 Å². The van der Waals surface area contributed by atoms with E-state index >= 15 is 0 Å². The normalized spacial score (nSPS) is 10.7. The molecule has 0 bridgehead atoms. The summed E-state index contributed by atoms with van der Waals surface area (Å²) in [4.78, 5) is 4.51. The van der Waals surface area contributed by atoms with Crippen LogP contribution >= 0.6 is 11.3 Å². The smallest absolute Gasteiger partial charge is 0.131 e. The lowest BCUT2D eigenvalue weighted by Crippen LogP contribution is -2.02. The van der Waals surface area contributed by atoms with E-state index in [0.29, 0.717) is 13.2 Å². The Balaban J connectivity index is 2.11. The summed E-state index contributed by atoms with van der Waals surface area (Å²) in [5.41, 5.74) is 10.1. The molecule has 2 rings (SSSR count). The molecule has 0 aliphatic heterocycles. The first-order chi connectivity index (χ1) is 9.13. The molecule has 0 atom stereocenters. The molecule has 0 radical (unpaired) electrons. The second-order valence-corrected chi connectivity index (χ2v) is 5.58. The zero-order chi connectivity index (χ0) is 13.8. The van der Waals surface area contributed by atoms with Gasteiger partial charge in [-0.15, -0.1) is 11.3 Å². The molecule has 4 heteroatoms. The number of rotatable bonds is 5. The van der Waals surface area contributed by atoms with Crippen LogP contribution in [0.3, 0.4) is 0 Å². The third kappa shape index (κ3) is 3.33. The van der Waals surface area contributed by atoms with E-state index in [0.717, 1.165) is 39.6 Å². The molecule has 2 N–H and O–H groups in total. The minimum Gasteiger partial charge on any atom is -0.487 e. The average Bonchev–Trinajstić information content (AvgIpc) is 2.85. The minimum atomic E-state index is 0.528. The van der Waals surface area contributed by atoms with Gasteiger partial charge in [0.25, 0.3) is 0 Å². The molecule has 0 amide bonds. The van der Waals surface area contributed by atoms with Gasteiger partial charge < -0.3 is 10.5 Å². The van der Waals surface area contributed by atoms with E-state index in [-0.39, 0.29) is 0 Å². The summed E-state index contributed by atoms with van der Waals surface area (Å²) in [6.45, 7) is 7.32. The van der Waals surface area contributed by atoms with Crippen LogP contribution in [-0.4, -0.2) is 4.98 Å². The van der Waals surface area contributed by atoms with Crippen molar-refractivity contribution in [3.63, 3.8) is 0 Å². The van der Waals surface area contributed by atoms with Gasteiger partial charge in [-0.3, -0.25) is 0 Å². The Kier molecular flexibility index (Phi) is 4.56. The van der Waals surface area contributed by atoms with Gasteiger partial charge in [0.1, 0.15) is 12.4 Å². The number of benzene rings is 1. The third-order valence-electron chi connectivity index (χ3n) is 3.02. The molecule has 1 heterocycles. The molecule has 3 nitrogen and oxygen atoms in total. The predicted molar refractivity (Wildman–Crippen MR) is 79.6 cm³/mol. The topological polar surface area (TPSA) is 48.1 Å². The van der Waals surface area contributed by atoms with Crippen molar-refractivity contribution in [2.24, 2.45) is 5.73 Å². The van der Waals surface area contributed by atoms with Crippen LogP contribution in [0, 0.1) is 13.8 Å². The number of hydrogen-bond acceptors (Lipinski definition) is 4. The molecule has 0 aliphatic rings. The quantitative estimate of drug-likeness (QED) is 0.911. The zero-order valence-corrected chi connectivity index (χ0v) is 12.5. The molecule has 0 saturated heterocycles. The van der Waals surface area contributed by atoms with Crippen molar-refractivity contribution < 1.29 is 4.74 Å². The van der Waals surface area contributed by atoms with Crippen molar-refractivity contribution >= 4 is 11.3 Å². The maximum absolute atomic E-state index is 5.91.